The van der Waals surface area contributed by atoms with Gasteiger partial charge in [0.15, 0.2) is 0 Å². The van der Waals surface area contributed by atoms with Crippen molar-refractivity contribution in [3.05, 3.63) is 29.8 Å². The van der Waals surface area contributed by atoms with Gasteiger partial charge < -0.3 is 10.5 Å². The van der Waals surface area contributed by atoms with Crippen LogP contribution < -0.4 is 10.5 Å². The van der Waals surface area contributed by atoms with Gasteiger partial charge in [-0.15, -0.1) is 0 Å². The fourth-order valence-electron chi connectivity index (χ4n) is 2.81. The SMILES string of the molecule is CC(C)Oc1cccc(CC2CCCCC2N)c1. The van der Waals surface area contributed by atoms with E-state index in [1.54, 1.807) is 0 Å². The molecule has 0 aliphatic heterocycles. The molecule has 2 heteroatoms. The highest BCUT2D eigenvalue weighted by molar-refractivity contribution is 5.29. The summed E-state index contributed by atoms with van der Waals surface area (Å²) in [6.07, 6.45) is 6.42. The van der Waals surface area contributed by atoms with Crippen molar-refractivity contribution in [2.45, 2.75) is 58.1 Å². The maximum atomic E-state index is 6.21. The summed E-state index contributed by atoms with van der Waals surface area (Å²) in [5.41, 5.74) is 7.57. The van der Waals surface area contributed by atoms with E-state index in [4.69, 9.17) is 10.5 Å². The van der Waals surface area contributed by atoms with Gasteiger partial charge in [0, 0.05) is 6.04 Å². The van der Waals surface area contributed by atoms with Crippen LogP contribution in [0.25, 0.3) is 0 Å². The number of hydrogen-bond donors (Lipinski definition) is 1. The summed E-state index contributed by atoms with van der Waals surface area (Å²) < 4.78 is 5.74. The Labute approximate surface area is 111 Å². The quantitative estimate of drug-likeness (QED) is 0.883. The zero-order valence-corrected chi connectivity index (χ0v) is 11.6. The number of nitrogens with two attached hydrogens (primary N) is 1. The minimum absolute atomic E-state index is 0.234. The van der Waals surface area contributed by atoms with Gasteiger partial charge in [0.2, 0.25) is 0 Å². The highest BCUT2D eigenvalue weighted by Crippen LogP contribution is 2.27. The normalized spacial score (nSPS) is 24.2. The third kappa shape index (κ3) is 3.74. The van der Waals surface area contributed by atoms with Crippen molar-refractivity contribution in [1.82, 2.24) is 0 Å². The molecule has 0 radical (unpaired) electrons. The minimum Gasteiger partial charge on any atom is -0.491 e. The van der Waals surface area contributed by atoms with Crippen LogP contribution in [0, 0.1) is 5.92 Å². The fraction of sp³-hybridized carbons (Fsp3) is 0.625. The Bertz CT molecular complexity index is 375. The van der Waals surface area contributed by atoms with Crippen molar-refractivity contribution in [2.75, 3.05) is 0 Å². The second-order valence-corrected chi connectivity index (χ2v) is 5.73. The van der Waals surface area contributed by atoms with Gasteiger partial charge in [-0.2, -0.15) is 0 Å². The van der Waals surface area contributed by atoms with Gasteiger partial charge in [-0.3, -0.25) is 0 Å². The fourth-order valence-corrected chi connectivity index (χ4v) is 2.81. The smallest absolute Gasteiger partial charge is 0.119 e. The molecule has 0 amide bonds. The molecule has 1 saturated carbocycles. The van der Waals surface area contributed by atoms with Crippen LogP contribution in [0.2, 0.25) is 0 Å². The molecule has 2 unspecified atom stereocenters. The molecule has 2 N–H and O–H groups in total. The van der Waals surface area contributed by atoms with Crippen LogP contribution in [0.15, 0.2) is 24.3 Å². The summed E-state index contributed by atoms with van der Waals surface area (Å²) in [5.74, 6) is 1.62. The number of benzene rings is 1. The molecule has 1 aromatic rings. The van der Waals surface area contributed by atoms with E-state index in [2.05, 4.69) is 32.0 Å². The molecule has 2 atom stereocenters. The van der Waals surface area contributed by atoms with Crippen molar-refractivity contribution in [3.8, 4) is 5.75 Å². The third-order valence-corrected chi connectivity index (χ3v) is 3.74. The minimum atomic E-state index is 0.234. The topological polar surface area (TPSA) is 35.2 Å². The molecule has 1 fully saturated rings. The molecule has 100 valence electrons. The summed E-state index contributed by atoms with van der Waals surface area (Å²) in [6.45, 7) is 4.12. The number of ether oxygens (including phenoxy) is 1. The molecule has 0 heterocycles. The first kappa shape index (κ1) is 13.4. The average Bonchev–Trinajstić information content (AvgIpc) is 2.32. The largest absolute Gasteiger partial charge is 0.491 e. The Morgan fingerprint density at radius 1 is 1.28 bits per heavy atom. The number of hydrogen-bond acceptors (Lipinski definition) is 2. The lowest BCUT2D eigenvalue weighted by atomic mass is 9.81. The predicted molar refractivity (Wildman–Crippen MR) is 75.8 cm³/mol. The molecule has 1 aliphatic rings. The van der Waals surface area contributed by atoms with Gasteiger partial charge in [-0.05, 0) is 56.7 Å². The molecular formula is C16H25NO. The van der Waals surface area contributed by atoms with Crippen LogP contribution in [0.3, 0.4) is 0 Å². The van der Waals surface area contributed by atoms with Crippen LogP contribution >= 0.6 is 0 Å². The Morgan fingerprint density at radius 2 is 2.06 bits per heavy atom. The van der Waals surface area contributed by atoms with Gasteiger partial charge in [-0.1, -0.05) is 25.0 Å². The molecule has 0 bridgehead atoms. The van der Waals surface area contributed by atoms with E-state index in [9.17, 15) is 0 Å². The summed E-state index contributed by atoms with van der Waals surface area (Å²) in [5, 5.41) is 0. The molecule has 0 spiro atoms. The molecule has 1 aliphatic carbocycles. The van der Waals surface area contributed by atoms with Gasteiger partial charge in [-0.25, -0.2) is 0 Å². The van der Waals surface area contributed by atoms with Gasteiger partial charge in [0.1, 0.15) is 5.75 Å². The maximum absolute atomic E-state index is 6.21. The first-order valence-corrected chi connectivity index (χ1v) is 7.16. The Kier molecular flexibility index (Phi) is 4.65. The number of rotatable bonds is 4. The first-order valence-electron chi connectivity index (χ1n) is 7.16. The van der Waals surface area contributed by atoms with Crippen molar-refractivity contribution in [3.63, 3.8) is 0 Å². The van der Waals surface area contributed by atoms with Crippen molar-refractivity contribution >= 4 is 0 Å². The zero-order valence-electron chi connectivity index (χ0n) is 11.6. The van der Waals surface area contributed by atoms with E-state index in [1.165, 1.54) is 31.2 Å². The Morgan fingerprint density at radius 3 is 2.78 bits per heavy atom. The second-order valence-electron chi connectivity index (χ2n) is 5.73. The Balaban J connectivity index is 1.99. The molecule has 18 heavy (non-hydrogen) atoms. The van der Waals surface area contributed by atoms with Crippen LogP contribution in [0.1, 0.15) is 45.1 Å². The molecule has 0 saturated heterocycles. The standard InChI is InChI=1S/C16H25NO/c1-12(2)18-15-8-5-6-13(11-15)10-14-7-3-4-9-16(14)17/h5-6,8,11-12,14,16H,3-4,7,9-10,17H2,1-2H3. The lowest BCUT2D eigenvalue weighted by Gasteiger charge is -2.28. The van der Waals surface area contributed by atoms with E-state index in [0.717, 1.165) is 12.2 Å². The van der Waals surface area contributed by atoms with E-state index in [-0.39, 0.29) is 6.10 Å². The average molecular weight is 247 g/mol. The summed E-state index contributed by atoms with van der Waals surface area (Å²) in [7, 11) is 0. The maximum Gasteiger partial charge on any atom is 0.119 e. The lowest BCUT2D eigenvalue weighted by molar-refractivity contribution is 0.242. The van der Waals surface area contributed by atoms with E-state index in [1.807, 2.05) is 6.07 Å². The summed E-state index contributed by atoms with van der Waals surface area (Å²) in [6, 6.07) is 8.86. The molecular weight excluding hydrogens is 222 g/mol. The molecule has 2 rings (SSSR count). The van der Waals surface area contributed by atoms with Gasteiger partial charge in [0.05, 0.1) is 6.10 Å². The summed E-state index contributed by atoms with van der Waals surface area (Å²) in [4.78, 5) is 0. The highest BCUT2D eigenvalue weighted by Gasteiger charge is 2.21. The van der Waals surface area contributed by atoms with Crippen LogP contribution in [0.4, 0.5) is 0 Å². The highest BCUT2D eigenvalue weighted by atomic mass is 16.5. The Hall–Kier alpha value is -1.02. The van der Waals surface area contributed by atoms with Crippen LogP contribution in [0.5, 0.6) is 5.75 Å². The lowest BCUT2D eigenvalue weighted by Crippen LogP contribution is -2.34. The van der Waals surface area contributed by atoms with Crippen LogP contribution in [-0.4, -0.2) is 12.1 Å². The van der Waals surface area contributed by atoms with Crippen molar-refractivity contribution in [2.24, 2.45) is 11.7 Å². The van der Waals surface area contributed by atoms with Crippen molar-refractivity contribution in [1.29, 1.82) is 0 Å². The monoisotopic (exact) mass is 247 g/mol. The first-order chi connectivity index (χ1) is 8.65. The molecule has 2 nitrogen and oxygen atoms in total. The third-order valence-electron chi connectivity index (χ3n) is 3.74. The van der Waals surface area contributed by atoms with E-state index in [0.29, 0.717) is 12.0 Å². The van der Waals surface area contributed by atoms with Crippen molar-refractivity contribution < 1.29 is 4.74 Å². The molecule has 1 aromatic carbocycles. The predicted octanol–water partition coefficient (Wildman–Crippen LogP) is 3.53. The van der Waals surface area contributed by atoms with E-state index < -0.39 is 0 Å². The van der Waals surface area contributed by atoms with Gasteiger partial charge in [0.25, 0.3) is 0 Å². The second kappa shape index (κ2) is 6.24. The summed E-state index contributed by atoms with van der Waals surface area (Å²) >= 11 is 0. The van der Waals surface area contributed by atoms with Gasteiger partial charge >= 0.3 is 0 Å². The van der Waals surface area contributed by atoms with E-state index >= 15 is 0 Å². The zero-order chi connectivity index (χ0) is 13.0. The van der Waals surface area contributed by atoms with Crippen LogP contribution in [-0.2, 0) is 6.42 Å². The molecule has 0 aromatic heterocycles.